The van der Waals surface area contributed by atoms with Crippen LogP contribution in [0.2, 0.25) is 0 Å². The summed E-state index contributed by atoms with van der Waals surface area (Å²) in [6.07, 6.45) is 0.325. The molecule has 28 heavy (non-hydrogen) atoms. The van der Waals surface area contributed by atoms with Gasteiger partial charge in [0.15, 0.2) is 0 Å². The van der Waals surface area contributed by atoms with E-state index in [1.807, 2.05) is 42.5 Å². The summed E-state index contributed by atoms with van der Waals surface area (Å²) in [4.78, 5) is 35.1. The van der Waals surface area contributed by atoms with Crippen LogP contribution < -0.4 is 11.1 Å². The van der Waals surface area contributed by atoms with E-state index in [0.717, 1.165) is 16.3 Å². The number of benzene rings is 3. The van der Waals surface area contributed by atoms with Crippen LogP contribution in [-0.4, -0.2) is 28.9 Å². The summed E-state index contributed by atoms with van der Waals surface area (Å²) < 4.78 is 0. The molecule has 0 fully saturated rings. The molecule has 142 valence electrons. The Bertz CT molecular complexity index is 1030. The van der Waals surface area contributed by atoms with Gasteiger partial charge in [0.25, 0.3) is 0 Å². The fourth-order valence-corrected chi connectivity index (χ4v) is 3.02. The number of fused-ring (bicyclic) bond motifs is 1. The second-order valence-electron chi connectivity index (χ2n) is 6.59. The van der Waals surface area contributed by atoms with Crippen molar-refractivity contribution in [3.05, 3.63) is 83.4 Å². The molecule has 6 heteroatoms. The highest BCUT2D eigenvalue weighted by atomic mass is 16.4. The van der Waals surface area contributed by atoms with Crippen molar-refractivity contribution in [2.45, 2.75) is 18.9 Å². The number of carboxylic acids is 1. The maximum Gasteiger partial charge on any atom is 0.335 e. The number of carbonyl (C=O) groups is 3. The lowest BCUT2D eigenvalue weighted by molar-refractivity contribution is -0.127. The van der Waals surface area contributed by atoms with Crippen molar-refractivity contribution in [1.82, 2.24) is 5.32 Å². The smallest absolute Gasteiger partial charge is 0.335 e. The molecule has 0 aliphatic rings. The number of nitrogens with one attached hydrogen (secondary N) is 1. The van der Waals surface area contributed by atoms with Crippen molar-refractivity contribution < 1.29 is 19.5 Å². The zero-order valence-corrected chi connectivity index (χ0v) is 15.1. The lowest BCUT2D eigenvalue weighted by Crippen LogP contribution is -2.46. The van der Waals surface area contributed by atoms with Gasteiger partial charge in [-0.2, -0.15) is 0 Å². The van der Waals surface area contributed by atoms with Gasteiger partial charge in [-0.25, -0.2) is 4.79 Å². The van der Waals surface area contributed by atoms with E-state index >= 15 is 0 Å². The number of primary amides is 1. The quantitative estimate of drug-likeness (QED) is 0.588. The van der Waals surface area contributed by atoms with Gasteiger partial charge in [-0.15, -0.1) is 0 Å². The first kappa shape index (κ1) is 19.1. The molecule has 0 heterocycles. The van der Waals surface area contributed by atoms with Crippen molar-refractivity contribution >= 4 is 28.6 Å². The number of amides is 2. The van der Waals surface area contributed by atoms with Gasteiger partial charge >= 0.3 is 5.97 Å². The summed E-state index contributed by atoms with van der Waals surface area (Å²) in [6.45, 7) is 0. The number of carboxylic acid groups (broad SMARTS) is 1. The maximum absolute atomic E-state index is 12.4. The standard InChI is InChI=1S/C22H20N2O4/c23-21(26)19(12-14-5-9-17(10-6-14)22(27)28)24-20(25)13-15-7-8-16-3-1-2-4-18(16)11-15/h1-11,19H,12-13H2,(H2,23,26)(H,24,25)(H,27,28)/t19-/m0/s1. The van der Waals surface area contributed by atoms with E-state index in [0.29, 0.717) is 5.56 Å². The molecule has 0 bridgehead atoms. The monoisotopic (exact) mass is 376 g/mol. The topological polar surface area (TPSA) is 109 Å². The maximum atomic E-state index is 12.4. The van der Waals surface area contributed by atoms with Crippen LogP contribution in [0.3, 0.4) is 0 Å². The second-order valence-corrected chi connectivity index (χ2v) is 6.59. The highest BCUT2D eigenvalue weighted by Crippen LogP contribution is 2.16. The van der Waals surface area contributed by atoms with Crippen molar-refractivity contribution in [3.63, 3.8) is 0 Å². The van der Waals surface area contributed by atoms with E-state index in [1.165, 1.54) is 12.1 Å². The highest BCUT2D eigenvalue weighted by molar-refractivity contribution is 5.89. The van der Waals surface area contributed by atoms with Crippen molar-refractivity contribution in [2.75, 3.05) is 0 Å². The van der Waals surface area contributed by atoms with E-state index in [2.05, 4.69) is 5.32 Å². The zero-order valence-electron chi connectivity index (χ0n) is 15.1. The van der Waals surface area contributed by atoms with Gasteiger partial charge in [0.2, 0.25) is 11.8 Å². The molecule has 0 aromatic heterocycles. The third-order valence-corrected chi connectivity index (χ3v) is 4.50. The average molecular weight is 376 g/mol. The van der Waals surface area contributed by atoms with E-state index in [4.69, 9.17) is 10.8 Å². The molecule has 0 radical (unpaired) electrons. The van der Waals surface area contributed by atoms with Crippen molar-refractivity contribution in [2.24, 2.45) is 5.73 Å². The largest absolute Gasteiger partial charge is 0.478 e. The Morgan fingerprint density at radius 1 is 0.893 bits per heavy atom. The number of hydrogen-bond acceptors (Lipinski definition) is 3. The first-order chi connectivity index (χ1) is 13.4. The van der Waals surface area contributed by atoms with Crippen molar-refractivity contribution in [3.8, 4) is 0 Å². The summed E-state index contributed by atoms with van der Waals surface area (Å²) in [5, 5.41) is 13.7. The van der Waals surface area contributed by atoms with E-state index in [-0.39, 0.29) is 24.3 Å². The molecule has 0 saturated carbocycles. The summed E-state index contributed by atoms with van der Waals surface area (Å²) in [5.41, 5.74) is 7.13. The summed E-state index contributed by atoms with van der Waals surface area (Å²) >= 11 is 0. The molecule has 0 aliphatic heterocycles. The predicted molar refractivity (Wildman–Crippen MR) is 106 cm³/mol. The van der Waals surface area contributed by atoms with Crippen LogP contribution in [-0.2, 0) is 22.4 Å². The Labute approximate surface area is 162 Å². The molecular weight excluding hydrogens is 356 g/mol. The lowest BCUT2D eigenvalue weighted by atomic mass is 10.0. The first-order valence-corrected chi connectivity index (χ1v) is 8.81. The Morgan fingerprint density at radius 3 is 2.18 bits per heavy atom. The Kier molecular flexibility index (Phi) is 5.69. The van der Waals surface area contributed by atoms with Gasteiger partial charge in [-0.1, -0.05) is 54.6 Å². The molecule has 3 aromatic carbocycles. The van der Waals surface area contributed by atoms with Gasteiger partial charge in [-0.05, 0) is 34.0 Å². The second kappa shape index (κ2) is 8.35. The summed E-state index contributed by atoms with van der Waals surface area (Å²) in [5.74, 6) is -1.97. The molecule has 4 N–H and O–H groups in total. The highest BCUT2D eigenvalue weighted by Gasteiger charge is 2.19. The predicted octanol–water partition coefficient (Wildman–Crippen LogP) is 2.29. The molecule has 3 rings (SSSR count). The molecule has 2 amide bonds. The number of carbonyl (C=O) groups excluding carboxylic acids is 2. The van der Waals surface area contributed by atoms with Crippen LogP contribution in [0.25, 0.3) is 10.8 Å². The van der Waals surface area contributed by atoms with E-state index in [9.17, 15) is 14.4 Å². The SMILES string of the molecule is NC(=O)[C@H](Cc1ccc(C(=O)O)cc1)NC(=O)Cc1ccc2ccccc2c1. The van der Waals surface area contributed by atoms with E-state index < -0.39 is 17.9 Å². The molecular formula is C22H20N2O4. The van der Waals surface area contributed by atoms with Crippen LogP contribution in [0.15, 0.2) is 66.7 Å². The van der Waals surface area contributed by atoms with Gasteiger partial charge in [-0.3, -0.25) is 9.59 Å². The Hall–Kier alpha value is -3.67. The minimum absolute atomic E-state index is 0.132. The van der Waals surface area contributed by atoms with Crippen LogP contribution in [0.4, 0.5) is 0 Å². The van der Waals surface area contributed by atoms with Crippen molar-refractivity contribution in [1.29, 1.82) is 0 Å². The van der Waals surface area contributed by atoms with Crippen LogP contribution in [0.1, 0.15) is 21.5 Å². The van der Waals surface area contributed by atoms with Crippen LogP contribution >= 0.6 is 0 Å². The third-order valence-electron chi connectivity index (χ3n) is 4.50. The molecule has 1 atom stereocenters. The van der Waals surface area contributed by atoms with Gasteiger partial charge < -0.3 is 16.2 Å². The molecule has 0 saturated heterocycles. The average Bonchev–Trinajstić information content (AvgIpc) is 2.67. The Balaban J connectivity index is 1.66. The minimum Gasteiger partial charge on any atom is -0.478 e. The first-order valence-electron chi connectivity index (χ1n) is 8.81. The zero-order chi connectivity index (χ0) is 20.1. The number of rotatable bonds is 7. The number of aromatic carboxylic acids is 1. The normalized spacial score (nSPS) is 11.7. The molecule has 6 nitrogen and oxygen atoms in total. The van der Waals surface area contributed by atoms with Gasteiger partial charge in [0, 0.05) is 6.42 Å². The minimum atomic E-state index is -1.03. The molecule has 0 aliphatic carbocycles. The van der Waals surface area contributed by atoms with Crippen LogP contribution in [0.5, 0.6) is 0 Å². The van der Waals surface area contributed by atoms with Gasteiger partial charge in [0.05, 0.1) is 12.0 Å². The molecule has 0 unspecified atom stereocenters. The fraction of sp³-hybridized carbons (Fsp3) is 0.136. The molecule has 3 aromatic rings. The molecule has 0 spiro atoms. The third kappa shape index (κ3) is 4.73. The Morgan fingerprint density at radius 2 is 1.54 bits per heavy atom. The fourth-order valence-electron chi connectivity index (χ4n) is 3.02. The lowest BCUT2D eigenvalue weighted by Gasteiger charge is -2.16. The van der Waals surface area contributed by atoms with E-state index in [1.54, 1.807) is 12.1 Å². The van der Waals surface area contributed by atoms with Crippen LogP contribution in [0, 0.1) is 0 Å². The number of nitrogens with two attached hydrogens (primary N) is 1. The van der Waals surface area contributed by atoms with Gasteiger partial charge in [0.1, 0.15) is 6.04 Å². The summed E-state index contributed by atoms with van der Waals surface area (Å²) in [6, 6.07) is 18.9. The number of hydrogen-bond donors (Lipinski definition) is 3. The summed E-state index contributed by atoms with van der Waals surface area (Å²) in [7, 11) is 0.